The van der Waals surface area contributed by atoms with E-state index in [1.807, 2.05) is 12.1 Å². The van der Waals surface area contributed by atoms with Crippen molar-refractivity contribution in [1.82, 2.24) is 5.32 Å². The molecule has 0 radical (unpaired) electrons. The average Bonchev–Trinajstić information content (AvgIpc) is 2.30. The Labute approximate surface area is 99.0 Å². The van der Waals surface area contributed by atoms with E-state index >= 15 is 0 Å². The van der Waals surface area contributed by atoms with E-state index in [2.05, 4.69) is 31.3 Å². The topological polar surface area (TPSA) is 21.3 Å². The van der Waals surface area contributed by atoms with Gasteiger partial charge >= 0.3 is 0 Å². The predicted molar refractivity (Wildman–Crippen MR) is 69.1 cm³/mol. The summed E-state index contributed by atoms with van der Waals surface area (Å²) in [6, 6.07) is 8.84. The third-order valence-electron chi connectivity index (χ3n) is 2.79. The molecule has 0 aliphatic carbocycles. The Bertz CT molecular complexity index is 293. The number of hydrogen-bond acceptors (Lipinski definition) is 2. The molecule has 0 saturated carbocycles. The van der Waals surface area contributed by atoms with E-state index < -0.39 is 0 Å². The van der Waals surface area contributed by atoms with Gasteiger partial charge in [-0.3, -0.25) is 0 Å². The highest BCUT2D eigenvalue weighted by Crippen LogP contribution is 2.19. The summed E-state index contributed by atoms with van der Waals surface area (Å²) in [6.45, 7) is 5.41. The first-order chi connectivity index (χ1) is 7.81. The van der Waals surface area contributed by atoms with Gasteiger partial charge in [0.1, 0.15) is 5.75 Å². The van der Waals surface area contributed by atoms with Crippen molar-refractivity contribution in [3.63, 3.8) is 0 Å². The van der Waals surface area contributed by atoms with E-state index in [1.165, 1.54) is 18.4 Å². The first kappa shape index (κ1) is 13.0. The summed E-state index contributed by atoms with van der Waals surface area (Å²) in [5.41, 5.74) is 1.30. The second-order valence-corrected chi connectivity index (χ2v) is 4.06. The van der Waals surface area contributed by atoms with Crippen molar-refractivity contribution in [3.05, 3.63) is 29.8 Å². The molecule has 1 atom stereocenters. The lowest BCUT2D eigenvalue weighted by Crippen LogP contribution is -2.30. The minimum absolute atomic E-state index is 0.561. The van der Waals surface area contributed by atoms with Crippen molar-refractivity contribution in [2.24, 2.45) is 0 Å². The third-order valence-corrected chi connectivity index (χ3v) is 2.79. The highest BCUT2D eigenvalue weighted by atomic mass is 16.5. The van der Waals surface area contributed by atoms with Gasteiger partial charge in [0.15, 0.2) is 0 Å². The van der Waals surface area contributed by atoms with Crippen LogP contribution in [0.15, 0.2) is 24.3 Å². The molecule has 0 heterocycles. The Hall–Kier alpha value is -1.02. The standard InChI is InChI=1S/C14H23NO/c1-4-8-13(15-5-2)11-12-9-6-7-10-14(12)16-3/h6-7,9-10,13,15H,4-5,8,11H2,1-3H3. The molecule has 0 aromatic heterocycles. The van der Waals surface area contributed by atoms with Crippen LogP contribution in [0.5, 0.6) is 5.75 Å². The zero-order valence-electron chi connectivity index (χ0n) is 10.6. The normalized spacial score (nSPS) is 12.4. The fourth-order valence-electron chi connectivity index (χ4n) is 2.05. The summed E-state index contributed by atoms with van der Waals surface area (Å²) >= 11 is 0. The second-order valence-electron chi connectivity index (χ2n) is 4.06. The van der Waals surface area contributed by atoms with Gasteiger partial charge in [0.2, 0.25) is 0 Å². The maximum Gasteiger partial charge on any atom is 0.122 e. The molecule has 2 heteroatoms. The van der Waals surface area contributed by atoms with Gasteiger partial charge in [-0.2, -0.15) is 0 Å². The van der Waals surface area contributed by atoms with Crippen LogP contribution >= 0.6 is 0 Å². The van der Waals surface area contributed by atoms with Crippen LogP contribution in [0.3, 0.4) is 0 Å². The summed E-state index contributed by atoms with van der Waals surface area (Å²) in [6.07, 6.45) is 3.48. The molecule has 0 saturated heterocycles. The number of rotatable bonds is 7. The Morgan fingerprint density at radius 2 is 2.00 bits per heavy atom. The number of para-hydroxylation sites is 1. The van der Waals surface area contributed by atoms with Crippen LogP contribution in [-0.2, 0) is 6.42 Å². The molecular formula is C14H23NO. The number of methoxy groups -OCH3 is 1. The van der Waals surface area contributed by atoms with E-state index in [0.29, 0.717) is 6.04 Å². The minimum Gasteiger partial charge on any atom is -0.496 e. The van der Waals surface area contributed by atoms with Crippen molar-refractivity contribution in [2.75, 3.05) is 13.7 Å². The number of likely N-dealkylation sites (N-methyl/N-ethyl adjacent to an activating group) is 1. The van der Waals surface area contributed by atoms with Crippen molar-refractivity contribution < 1.29 is 4.74 Å². The first-order valence-corrected chi connectivity index (χ1v) is 6.17. The van der Waals surface area contributed by atoms with Crippen LogP contribution in [-0.4, -0.2) is 19.7 Å². The maximum absolute atomic E-state index is 5.37. The van der Waals surface area contributed by atoms with Gasteiger partial charge in [0.25, 0.3) is 0 Å². The summed E-state index contributed by atoms with van der Waals surface area (Å²) in [5, 5.41) is 3.53. The third kappa shape index (κ3) is 3.86. The van der Waals surface area contributed by atoms with E-state index in [0.717, 1.165) is 18.7 Å². The van der Waals surface area contributed by atoms with Crippen molar-refractivity contribution in [1.29, 1.82) is 0 Å². The highest BCUT2D eigenvalue weighted by Gasteiger charge is 2.10. The molecule has 0 fully saturated rings. The minimum atomic E-state index is 0.561. The lowest BCUT2D eigenvalue weighted by atomic mass is 10.0. The number of hydrogen-bond donors (Lipinski definition) is 1. The molecule has 16 heavy (non-hydrogen) atoms. The quantitative estimate of drug-likeness (QED) is 0.764. The number of nitrogens with one attached hydrogen (secondary N) is 1. The highest BCUT2D eigenvalue weighted by molar-refractivity contribution is 5.33. The van der Waals surface area contributed by atoms with Crippen LogP contribution in [0.4, 0.5) is 0 Å². The Balaban J connectivity index is 2.67. The van der Waals surface area contributed by atoms with Crippen LogP contribution in [0.25, 0.3) is 0 Å². The zero-order chi connectivity index (χ0) is 11.8. The van der Waals surface area contributed by atoms with Gasteiger partial charge < -0.3 is 10.1 Å². The lowest BCUT2D eigenvalue weighted by molar-refractivity contribution is 0.402. The van der Waals surface area contributed by atoms with Gasteiger partial charge in [0, 0.05) is 6.04 Å². The van der Waals surface area contributed by atoms with Crippen LogP contribution in [0.1, 0.15) is 32.3 Å². The first-order valence-electron chi connectivity index (χ1n) is 6.17. The van der Waals surface area contributed by atoms with Gasteiger partial charge in [-0.25, -0.2) is 0 Å². The second kappa shape index (κ2) is 7.29. The van der Waals surface area contributed by atoms with Gasteiger partial charge in [-0.1, -0.05) is 38.5 Å². The lowest BCUT2D eigenvalue weighted by Gasteiger charge is -2.18. The maximum atomic E-state index is 5.37. The van der Waals surface area contributed by atoms with Crippen molar-refractivity contribution in [3.8, 4) is 5.75 Å². The molecule has 1 unspecified atom stereocenters. The fraction of sp³-hybridized carbons (Fsp3) is 0.571. The van der Waals surface area contributed by atoms with Crippen LogP contribution in [0.2, 0.25) is 0 Å². The molecule has 1 aromatic carbocycles. The fourth-order valence-corrected chi connectivity index (χ4v) is 2.05. The van der Waals surface area contributed by atoms with E-state index in [4.69, 9.17) is 4.74 Å². The van der Waals surface area contributed by atoms with E-state index in [9.17, 15) is 0 Å². The predicted octanol–water partition coefficient (Wildman–Crippen LogP) is 3.02. The van der Waals surface area contributed by atoms with E-state index in [-0.39, 0.29) is 0 Å². The molecule has 1 aromatic rings. The zero-order valence-corrected chi connectivity index (χ0v) is 10.6. The SMILES string of the molecule is CCCC(Cc1ccccc1OC)NCC. The smallest absolute Gasteiger partial charge is 0.122 e. The number of benzene rings is 1. The summed E-state index contributed by atoms with van der Waals surface area (Å²) in [5.74, 6) is 1.00. The summed E-state index contributed by atoms with van der Waals surface area (Å²) in [4.78, 5) is 0. The Kier molecular flexibility index (Phi) is 5.94. The summed E-state index contributed by atoms with van der Waals surface area (Å²) in [7, 11) is 1.74. The molecule has 0 amide bonds. The van der Waals surface area contributed by atoms with Gasteiger partial charge in [-0.15, -0.1) is 0 Å². The van der Waals surface area contributed by atoms with Gasteiger partial charge in [-0.05, 0) is 31.0 Å². The molecule has 1 N–H and O–H groups in total. The van der Waals surface area contributed by atoms with Crippen LogP contribution < -0.4 is 10.1 Å². The molecule has 0 bridgehead atoms. The van der Waals surface area contributed by atoms with Crippen molar-refractivity contribution in [2.45, 2.75) is 39.2 Å². The monoisotopic (exact) mass is 221 g/mol. The van der Waals surface area contributed by atoms with Crippen molar-refractivity contribution >= 4 is 0 Å². The molecule has 1 rings (SSSR count). The Morgan fingerprint density at radius 1 is 1.25 bits per heavy atom. The molecule has 0 aliphatic rings. The molecular weight excluding hydrogens is 198 g/mol. The molecule has 90 valence electrons. The van der Waals surface area contributed by atoms with Gasteiger partial charge in [0.05, 0.1) is 7.11 Å². The molecule has 0 aliphatic heterocycles. The number of ether oxygens (including phenoxy) is 1. The average molecular weight is 221 g/mol. The van der Waals surface area contributed by atoms with E-state index in [1.54, 1.807) is 7.11 Å². The summed E-state index contributed by atoms with van der Waals surface area (Å²) < 4.78 is 5.37. The Morgan fingerprint density at radius 3 is 2.62 bits per heavy atom. The molecule has 2 nitrogen and oxygen atoms in total. The largest absolute Gasteiger partial charge is 0.496 e. The molecule has 0 spiro atoms. The van der Waals surface area contributed by atoms with Crippen LogP contribution in [0, 0.1) is 0 Å².